The van der Waals surface area contributed by atoms with Gasteiger partial charge in [-0.05, 0) is 38.5 Å². The number of hydrogen-bond acceptors (Lipinski definition) is 4. The van der Waals surface area contributed by atoms with Gasteiger partial charge in [0.25, 0.3) is 5.91 Å². The molecule has 8 heteroatoms. The number of piperidine rings is 1. The summed E-state index contributed by atoms with van der Waals surface area (Å²) in [5.41, 5.74) is 1.29. The molecule has 0 unspecified atom stereocenters. The minimum Gasteiger partial charge on any atom is -0.341 e. The van der Waals surface area contributed by atoms with Crippen LogP contribution in [0.1, 0.15) is 58.3 Å². The number of carbonyl (C=O) groups excluding carboxylic acids is 3. The topological polar surface area (TPSA) is 90.0 Å². The van der Waals surface area contributed by atoms with Gasteiger partial charge >= 0.3 is 0 Å². The van der Waals surface area contributed by atoms with Crippen LogP contribution in [0.5, 0.6) is 0 Å². The van der Waals surface area contributed by atoms with Crippen LogP contribution in [0.4, 0.5) is 4.39 Å². The summed E-state index contributed by atoms with van der Waals surface area (Å²) >= 11 is 0. The van der Waals surface area contributed by atoms with Crippen LogP contribution in [0, 0.1) is 5.92 Å². The summed E-state index contributed by atoms with van der Waals surface area (Å²) in [4.78, 5) is 40.6. The average molecular weight is 371 g/mol. The molecule has 0 saturated carbocycles. The molecular formula is C18H30FN3O4. The first kappa shape index (κ1) is 20.6. The number of nitrogens with one attached hydrogen (secondary N) is 1. The zero-order chi connectivity index (χ0) is 19.1. The summed E-state index contributed by atoms with van der Waals surface area (Å²) in [7, 11) is 0. The smallest absolute Gasteiger partial charge is 0.278 e. The van der Waals surface area contributed by atoms with Gasteiger partial charge in [0.2, 0.25) is 11.8 Å². The van der Waals surface area contributed by atoms with Crippen LogP contribution >= 0.6 is 0 Å². The van der Waals surface area contributed by atoms with Crippen molar-refractivity contribution in [3.8, 4) is 0 Å². The number of halogens is 1. The third-order valence-corrected chi connectivity index (χ3v) is 5.39. The number of amides is 3. The lowest BCUT2D eigenvalue weighted by atomic mass is 9.94. The van der Waals surface area contributed by atoms with Gasteiger partial charge in [-0.3, -0.25) is 19.6 Å². The molecule has 0 bridgehead atoms. The lowest BCUT2D eigenvalue weighted by Crippen LogP contribution is -2.52. The molecule has 3 atom stereocenters. The van der Waals surface area contributed by atoms with Gasteiger partial charge in [-0.1, -0.05) is 19.8 Å². The summed E-state index contributed by atoms with van der Waals surface area (Å²) in [6.07, 6.45) is 3.75. The zero-order valence-electron chi connectivity index (χ0n) is 15.5. The number of nitrogens with zero attached hydrogens (tertiary/aromatic N) is 2. The fraction of sp³-hybridized carbons (Fsp3) is 0.833. The molecule has 3 amide bonds. The van der Waals surface area contributed by atoms with Crippen molar-refractivity contribution in [3.05, 3.63) is 0 Å². The second kappa shape index (κ2) is 9.85. The van der Waals surface area contributed by atoms with E-state index in [1.807, 2.05) is 6.92 Å². The van der Waals surface area contributed by atoms with Crippen LogP contribution in [0.3, 0.4) is 0 Å². The van der Waals surface area contributed by atoms with E-state index in [1.54, 1.807) is 4.90 Å². The Balaban J connectivity index is 2.11. The first-order chi connectivity index (χ1) is 12.5. The number of rotatable bonds is 7. The predicted octanol–water partition coefficient (Wildman–Crippen LogP) is 1.64. The third-order valence-electron chi connectivity index (χ3n) is 5.39. The van der Waals surface area contributed by atoms with E-state index in [4.69, 9.17) is 5.21 Å². The number of likely N-dealkylation sites (tertiary alicyclic amines) is 2. The average Bonchev–Trinajstić information content (AvgIpc) is 3.17. The van der Waals surface area contributed by atoms with E-state index in [1.165, 1.54) is 10.4 Å². The van der Waals surface area contributed by atoms with Crippen molar-refractivity contribution >= 4 is 17.7 Å². The number of hydroxylamine groups is 1. The van der Waals surface area contributed by atoms with Crippen molar-refractivity contribution in [1.82, 2.24) is 15.3 Å². The Labute approximate surface area is 153 Å². The maximum Gasteiger partial charge on any atom is 0.278 e. The molecule has 0 aromatic heterocycles. The highest BCUT2D eigenvalue weighted by atomic mass is 19.1. The van der Waals surface area contributed by atoms with Gasteiger partial charge in [0.15, 0.2) is 6.17 Å². The van der Waals surface area contributed by atoms with Crippen molar-refractivity contribution in [3.63, 3.8) is 0 Å². The highest BCUT2D eigenvalue weighted by molar-refractivity contribution is 5.92. The summed E-state index contributed by atoms with van der Waals surface area (Å²) in [5.74, 6) is -2.94. The molecule has 2 fully saturated rings. The maximum absolute atomic E-state index is 14.5. The highest BCUT2D eigenvalue weighted by Crippen LogP contribution is 2.27. The highest BCUT2D eigenvalue weighted by Gasteiger charge is 2.42. The minimum absolute atomic E-state index is 0.0631. The zero-order valence-corrected chi connectivity index (χ0v) is 15.5. The quantitative estimate of drug-likeness (QED) is 0.526. The molecule has 2 aliphatic heterocycles. The van der Waals surface area contributed by atoms with E-state index in [0.29, 0.717) is 38.9 Å². The summed E-state index contributed by atoms with van der Waals surface area (Å²) < 4.78 is 14.5. The van der Waals surface area contributed by atoms with Gasteiger partial charge in [0.05, 0.1) is 5.92 Å². The van der Waals surface area contributed by atoms with E-state index in [0.717, 1.165) is 25.7 Å². The largest absolute Gasteiger partial charge is 0.341 e. The number of unbranched alkanes of at least 4 members (excludes halogenated alkanes) is 1. The summed E-state index contributed by atoms with van der Waals surface area (Å²) in [6, 6.07) is -0.561. The fourth-order valence-electron chi connectivity index (χ4n) is 3.89. The predicted molar refractivity (Wildman–Crippen MR) is 93.0 cm³/mol. The summed E-state index contributed by atoms with van der Waals surface area (Å²) in [5, 5.41) is 8.71. The molecule has 7 nitrogen and oxygen atoms in total. The lowest BCUT2D eigenvalue weighted by molar-refractivity contribution is -0.151. The lowest BCUT2D eigenvalue weighted by Gasteiger charge is -2.34. The van der Waals surface area contributed by atoms with Crippen molar-refractivity contribution in [2.75, 3.05) is 19.6 Å². The van der Waals surface area contributed by atoms with Crippen LogP contribution < -0.4 is 5.48 Å². The molecule has 2 saturated heterocycles. The van der Waals surface area contributed by atoms with E-state index in [9.17, 15) is 18.8 Å². The van der Waals surface area contributed by atoms with E-state index < -0.39 is 29.9 Å². The van der Waals surface area contributed by atoms with Crippen molar-refractivity contribution in [2.45, 2.75) is 70.5 Å². The molecule has 0 aromatic rings. The molecule has 2 heterocycles. The van der Waals surface area contributed by atoms with E-state index in [2.05, 4.69) is 0 Å². The van der Waals surface area contributed by atoms with Crippen molar-refractivity contribution in [2.24, 2.45) is 5.92 Å². The second-order valence-corrected chi connectivity index (χ2v) is 7.20. The number of carbonyl (C=O) groups is 3. The molecule has 2 rings (SSSR count). The minimum atomic E-state index is -2.12. The van der Waals surface area contributed by atoms with Gasteiger partial charge < -0.3 is 9.80 Å². The van der Waals surface area contributed by atoms with Crippen molar-refractivity contribution < 1.29 is 24.0 Å². The Morgan fingerprint density at radius 3 is 2.46 bits per heavy atom. The SMILES string of the molecule is CCCC[C@@H](C(=O)N1CCC[C@H]1C(=O)N1CCCCC1)[C@H](F)C(=O)NO. The van der Waals surface area contributed by atoms with Crippen LogP contribution in [-0.2, 0) is 14.4 Å². The van der Waals surface area contributed by atoms with E-state index >= 15 is 0 Å². The molecule has 0 spiro atoms. The normalized spacial score (nSPS) is 22.8. The molecule has 0 aliphatic carbocycles. The van der Waals surface area contributed by atoms with Gasteiger partial charge in [-0.15, -0.1) is 0 Å². The van der Waals surface area contributed by atoms with Crippen LogP contribution in [-0.4, -0.2) is 64.6 Å². The molecule has 26 heavy (non-hydrogen) atoms. The Kier molecular flexibility index (Phi) is 7.81. The van der Waals surface area contributed by atoms with Gasteiger partial charge in [0.1, 0.15) is 6.04 Å². The van der Waals surface area contributed by atoms with E-state index in [-0.39, 0.29) is 12.3 Å². The molecule has 2 N–H and O–H groups in total. The Morgan fingerprint density at radius 2 is 1.85 bits per heavy atom. The third kappa shape index (κ3) is 4.72. The van der Waals surface area contributed by atoms with Gasteiger partial charge in [-0.2, -0.15) is 0 Å². The van der Waals surface area contributed by atoms with Crippen LogP contribution in [0.2, 0.25) is 0 Å². The van der Waals surface area contributed by atoms with Crippen LogP contribution in [0.25, 0.3) is 0 Å². The van der Waals surface area contributed by atoms with Gasteiger partial charge in [-0.25, -0.2) is 9.87 Å². The Hall–Kier alpha value is -1.70. The number of alkyl halides is 1. The van der Waals surface area contributed by atoms with Gasteiger partial charge in [0, 0.05) is 19.6 Å². The maximum atomic E-state index is 14.5. The molecule has 2 aliphatic rings. The standard InChI is InChI=1S/C18H30FN3O4/c1-2-3-8-13(15(19)16(23)20-26)17(24)22-12-7-9-14(22)18(25)21-10-5-4-6-11-21/h13-15,26H,2-12H2,1H3,(H,20,23)/t13-,14+,15+/m1/s1. The summed E-state index contributed by atoms with van der Waals surface area (Å²) in [6.45, 7) is 3.73. The van der Waals surface area contributed by atoms with Crippen molar-refractivity contribution in [1.29, 1.82) is 0 Å². The first-order valence-corrected chi connectivity index (χ1v) is 9.68. The molecular weight excluding hydrogens is 341 g/mol. The second-order valence-electron chi connectivity index (χ2n) is 7.20. The first-order valence-electron chi connectivity index (χ1n) is 9.68. The molecule has 0 aromatic carbocycles. The molecule has 0 radical (unpaired) electrons. The fourth-order valence-corrected chi connectivity index (χ4v) is 3.89. The Morgan fingerprint density at radius 1 is 1.15 bits per heavy atom. The molecule has 148 valence electrons. The van der Waals surface area contributed by atoms with Crippen LogP contribution in [0.15, 0.2) is 0 Å². The Bertz CT molecular complexity index is 511. The number of hydrogen-bond donors (Lipinski definition) is 2. The monoisotopic (exact) mass is 371 g/mol.